The predicted octanol–water partition coefficient (Wildman–Crippen LogP) is 5.29. The first kappa shape index (κ1) is 22.9. The highest BCUT2D eigenvalue weighted by atomic mass is 16.6. The van der Waals surface area contributed by atoms with Gasteiger partial charge in [-0.1, -0.05) is 12.8 Å². The highest BCUT2D eigenvalue weighted by Crippen LogP contribution is 2.34. The van der Waals surface area contributed by atoms with Gasteiger partial charge in [0.2, 0.25) is 0 Å². The third-order valence-corrected chi connectivity index (χ3v) is 6.93. The molecule has 1 aliphatic carbocycles. The van der Waals surface area contributed by atoms with Gasteiger partial charge in [0.25, 0.3) is 5.69 Å². The number of carbonyl (C=O) groups excluding carboxylic acids is 1. The number of amides is 2. The molecule has 0 spiro atoms. The van der Waals surface area contributed by atoms with Crippen molar-refractivity contribution in [1.82, 2.24) is 5.32 Å². The standard InChI is InChI=1S/C25H32N4O4/c30-23-13-7-20(8-14-23)26-25(31)27-24-6-2-1-5-19(24)16-18-4-3-15-28(17-18)21-9-11-22(12-10-21)29(32)33/h7-14,18-19,24,30H,1-6,15-17H2,(H2,26,27,31)/t18-,19+,24-/m1/s1. The summed E-state index contributed by atoms with van der Waals surface area (Å²) < 4.78 is 0. The third-order valence-electron chi connectivity index (χ3n) is 6.93. The molecule has 1 saturated carbocycles. The molecule has 0 bridgehead atoms. The molecule has 8 nitrogen and oxygen atoms in total. The number of piperidine rings is 1. The second kappa shape index (κ2) is 10.6. The second-order valence-corrected chi connectivity index (χ2v) is 9.26. The van der Waals surface area contributed by atoms with E-state index in [4.69, 9.17) is 0 Å². The number of nitro benzene ring substituents is 1. The molecular weight excluding hydrogens is 420 g/mol. The number of non-ortho nitro benzene ring substituents is 1. The molecule has 2 fully saturated rings. The highest BCUT2D eigenvalue weighted by molar-refractivity contribution is 5.89. The van der Waals surface area contributed by atoms with Crippen LogP contribution in [0.2, 0.25) is 0 Å². The molecule has 1 aliphatic heterocycles. The van der Waals surface area contributed by atoms with Gasteiger partial charge < -0.3 is 20.6 Å². The minimum atomic E-state index is -0.364. The number of nitro groups is 1. The Morgan fingerprint density at radius 1 is 1.03 bits per heavy atom. The van der Waals surface area contributed by atoms with Crippen molar-refractivity contribution >= 4 is 23.1 Å². The van der Waals surface area contributed by atoms with Crippen molar-refractivity contribution in [2.75, 3.05) is 23.3 Å². The van der Waals surface area contributed by atoms with E-state index in [-0.39, 0.29) is 28.4 Å². The van der Waals surface area contributed by atoms with Crippen LogP contribution >= 0.6 is 0 Å². The molecule has 0 radical (unpaired) electrons. The lowest BCUT2D eigenvalue weighted by atomic mass is 9.77. The number of rotatable bonds is 6. The molecule has 33 heavy (non-hydrogen) atoms. The van der Waals surface area contributed by atoms with Crippen molar-refractivity contribution in [3.63, 3.8) is 0 Å². The number of nitrogens with one attached hydrogen (secondary N) is 2. The predicted molar refractivity (Wildman–Crippen MR) is 129 cm³/mol. The number of hydrogen-bond acceptors (Lipinski definition) is 5. The van der Waals surface area contributed by atoms with E-state index in [1.165, 1.54) is 12.8 Å². The van der Waals surface area contributed by atoms with E-state index in [1.54, 1.807) is 36.4 Å². The van der Waals surface area contributed by atoms with E-state index >= 15 is 0 Å². The van der Waals surface area contributed by atoms with Gasteiger partial charge in [-0.05, 0) is 80.3 Å². The molecule has 1 saturated heterocycles. The van der Waals surface area contributed by atoms with Crippen molar-refractivity contribution in [3.05, 3.63) is 58.6 Å². The van der Waals surface area contributed by atoms with Crippen LogP contribution < -0.4 is 15.5 Å². The van der Waals surface area contributed by atoms with Gasteiger partial charge in [-0.25, -0.2) is 4.79 Å². The maximum atomic E-state index is 12.6. The molecule has 3 atom stereocenters. The number of benzene rings is 2. The molecule has 176 valence electrons. The molecular formula is C25H32N4O4. The largest absolute Gasteiger partial charge is 0.508 e. The Hall–Kier alpha value is -3.29. The average Bonchev–Trinajstić information content (AvgIpc) is 2.82. The van der Waals surface area contributed by atoms with Crippen LogP contribution in [0.1, 0.15) is 44.9 Å². The summed E-state index contributed by atoms with van der Waals surface area (Å²) >= 11 is 0. The second-order valence-electron chi connectivity index (χ2n) is 9.26. The Bertz CT molecular complexity index is 948. The number of phenolic OH excluding ortho intramolecular Hbond substituents is 1. The first-order valence-corrected chi connectivity index (χ1v) is 11.8. The van der Waals surface area contributed by atoms with Crippen LogP contribution in [-0.2, 0) is 0 Å². The summed E-state index contributed by atoms with van der Waals surface area (Å²) in [6, 6.07) is 13.3. The van der Waals surface area contributed by atoms with E-state index in [0.717, 1.165) is 50.9 Å². The number of phenols is 1. The summed E-state index contributed by atoms with van der Waals surface area (Å²) in [5.41, 5.74) is 1.81. The maximum Gasteiger partial charge on any atom is 0.319 e. The van der Waals surface area contributed by atoms with Gasteiger partial charge in [0.1, 0.15) is 5.75 Å². The quantitative estimate of drug-likeness (QED) is 0.314. The molecule has 2 aromatic carbocycles. The van der Waals surface area contributed by atoms with Gasteiger partial charge >= 0.3 is 6.03 Å². The summed E-state index contributed by atoms with van der Waals surface area (Å²) in [4.78, 5) is 25.5. The minimum Gasteiger partial charge on any atom is -0.508 e. The number of hydrogen-bond donors (Lipinski definition) is 3. The van der Waals surface area contributed by atoms with Crippen molar-refractivity contribution in [2.45, 2.75) is 51.0 Å². The number of urea groups is 1. The summed E-state index contributed by atoms with van der Waals surface area (Å²) in [5.74, 6) is 1.16. The first-order valence-electron chi connectivity index (χ1n) is 11.8. The maximum absolute atomic E-state index is 12.6. The molecule has 4 rings (SSSR count). The molecule has 3 N–H and O–H groups in total. The average molecular weight is 453 g/mol. The van der Waals surface area contributed by atoms with Crippen molar-refractivity contribution in [1.29, 1.82) is 0 Å². The van der Waals surface area contributed by atoms with Crippen molar-refractivity contribution in [2.24, 2.45) is 11.8 Å². The Morgan fingerprint density at radius 2 is 1.76 bits per heavy atom. The van der Waals surface area contributed by atoms with Gasteiger partial charge in [-0.3, -0.25) is 10.1 Å². The monoisotopic (exact) mass is 452 g/mol. The van der Waals surface area contributed by atoms with E-state index in [9.17, 15) is 20.0 Å². The lowest BCUT2D eigenvalue weighted by Gasteiger charge is -2.39. The Kier molecular flexibility index (Phi) is 7.32. The van der Waals surface area contributed by atoms with Gasteiger partial charge in [0, 0.05) is 42.6 Å². The van der Waals surface area contributed by atoms with E-state index in [1.807, 2.05) is 12.1 Å². The Morgan fingerprint density at radius 3 is 2.48 bits per heavy atom. The summed E-state index contributed by atoms with van der Waals surface area (Å²) in [6.07, 6.45) is 7.79. The lowest BCUT2D eigenvalue weighted by Crippen LogP contribution is -2.45. The van der Waals surface area contributed by atoms with Gasteiger partial charge in [0.15, 0.2) is 0 Å². The van der Waals surface area contributed by atoms with Crippen LogP contribution in [0.15, 0.2) is 48.5 Å². The van der Waals surface area contributed by atoms with Crippen molar-refractivity contribution in [3.8, 4) is 5.75 Å². The SMILES string of the molecule is O=C(Nc1ccc(O)cc1)N[C@@H]1CCCC[C@H]1C[C@H]1CCCN(c2ccc([N+](=O)[O-])cc2)C1. The first-order chi connectivity index (χ1) is 16.0. The fourth-order valence-electron chi connectivity index (χ4n) is 5.27. The Balaban J connectivity index is 1.33. The number of anilines is 2. The lowest BCUT2D eigenvalue weighted by molar-refractivity contribution is -0.384. The van der Waals surface area contributed by atoms with E-state index in [2.05, 4.69) is 15.5 Å². The summed E-state index contributed by atoms with van der Waals surface area (Å²) in [7, 11) is 0. The van der Waals surface area contributed by atoms with Gasteiger partial charge in [0.05, 0.1) is 4.92 Å². The zero-order valence-electron chi connectivity index (χ0n) is 18.8. The number of carbonyl (C=O) groups is 1. The number of nitrogens with zero attached hydrogens (tertiary/aromatic N) is 2. The summed E-state index contributed by atoms with van der Waals surface area (Å²) in [5, 5.41) is 26.4. The van der Waals surface area contributed by atoms with Crippen LogP contribution in [0.25, 0.3) is 0 Å². The van der Waals surface area contributed by atoms with Crippen LogP contribution in [0, 0.1) is 22.0 Å². The molecule has 1 heterocycles. The molecule has 2 aromatic rings. The Labute approximate surface area is 194 Å². The topological polar surface area (TPSA) is 108 Å². The molecule has 2 aliphatic rings. The molecule has 0 unspecified atom stereocenters. The van der Waals surface area contributed by atoms with E-state index < -0.39 is 0 Å². The van der Waals surface area contributed by atoms with Crippen LogP contribution in [0.3, 0.4) is 0 Å². The zero-order valence-corrected chi connectivity index (χ0v) is 18.8. The fraction of sp³-hybridized carbons (Fsp3) is 0.480. The van der Waals surface area contributed by atoms with E-state index in [0.29, 0.717) is 17.5 Å². The van der Waals surface area contributed by atoms with Crippen molar-refractivity contribution < 1.29 is 14.8 Å². The number of aromatic hydroxyl groups is 1. The van der Waals surface area contributed by atoms with Gasteiger partial charge in [-0.15, -0.1) is 0 Å². The van der Waals surface area contributed by atoms with Crippen LogP contribution in [-0.4, -0.2) is 35.2 Å². The third kappa shape index (κ3) is 6.15. The molecule has 2 amide bonds. The zero-order chi connectivity index (χ0) is 23.2. The van der Waals surface area contributed by atoms with Gasteiger partial charge in [-0.2, -0.15) is 0 Å². The summed E-state index contributed by atoms with van der Waals surface area (Å²) in [6.45, 7) is 1.91. The molecule has 8 heteroatoms. The molecule has 0 aromatic heterocycles. The van der Waals surface area contributed by atoms with Crippen LogP contribution in [0.4, 0.5) is 21.9 Å². The fourth-order valence-corrected chi connectivity index (χ4v) is 5.27. The highest BCUT2D eigenvalue weighted by Gasteiger charge is 2.31. The minimum absolute atomic E-state index is 0.119. The smallest absolute Gasteiger partial charge is 0.319 e. The normalized spacial score (nSPS) is 23.0. The van der Waals surface area contributed by atoms with Crippen LogP contribution in [0.5, 0.6) is 5.75 Å².